The third-order valence-corrected chi connectivity index (χ3v) is 4.72. The Balaban J connectivity index is 1.39. The molecule has 0 atom stereocenters. The lowest BCUT2D eigenvalue weighted by Gasteiger charge is -2.35. The molecule has 0 radical (unpaired) electrons. The van der Waals surface area contributed by atoms with Crippen LogP contribution in [0, 0.1) is 0 Å². The third-order valence-electron chi connectivity index (χ3n) is 4.72. The zero-order valence-corrected chi connectivity index (χ0v) is 15.2. The summed E-state index contributed by atoms with van der Waals surface area (Å²) in [5.74, 6) is 1.66. The highest BCUT2D eigenvalue weighted by atomic mass is 19.4. The molecule has 0 aliphatic carbocycles. The molecule has 28 heavy (non-hydrogen) atoms. The summed E-state index contributed by atoms with van der Waals surface area (Å²) in [6.07, 6.45) is -3.16. The van der Waals surface area contributed by atoms with E-state index >= 15 is 0 Å². The summed E-state index contributed by atoms with van der Waals surface area (Å²) in [6.45, 7) is 3.21. The average molecular weight is 392 g/mol. The molecule has 4 heterocycles. The molecule has 1 saturated heterocycles. The Morgan fingerprint density at radius 2 is 1.89 bits per heavy atom. The molecule has 1 aliphatic heterocycles. The molecule has 3 aromatic heterocycles. The number of methoxy groups -OCH3 is 1. The maximum absolute atomic E-state index is 12.9. The minimum absolute atomic E-state index is 0.356. The highest BCUT2D eigenvalue weighted by molar-refractivity contribution is 5.71. The summed E-state index contributed by atoms with van der Waals surface area (Å²) in [5, 5.41) is 0. The molecule has 148 valence electrons. The van der Waals surface area contributed by atoms with E-state index in [1.165, 1.54) is 6.20 Å². The van der Waals surface area contributed by atoms with E-state index in [0.717, 1.165) is 23.5 Å². The van der Waals surface area contributed by atoms with Gasteiger partial charge in [0.05, 0.1) is 24.7 Å². The Kier molecular flexibility index (Phi) is 4.80. The van der Waals surface area contributed by atoms with E-state index in [1.807, 2.05) is 11.0 Å². The second-order valence-corrected chi connectivity index (χ2v) is 6.57. The summed E-state index contributed by atoms with van der Waals surface area (Å²) in [4.78, 5) is 20.2. The lowest BCUT2D eigenvalue weighted by molar-refractivity contribution is -0.137. The van der Waals surface area contributed by atoms with Gasteiger partial charge in [-0.25, -0.2) is 9.97 Å². The molecule has 0 unspecified atom stereocenters. The van der Waals surface area contributed by atoms with Gasteiger partial charge in [0.25, 0.3) is 0 Å². The Hall–Kier alpha value is -2.88. The molecular formula is C18H19F3N6O. The topological polar surface area (TPSA) is 70.2 Å². The highest BCUT2D eigenvalue weighted by Gasteiger charge is 2.31. The molecule has 0 aromatic carbocycles. The van der Waals surface area contributed by atoms with Crippen molar-refractivity contribution in [2.45, 2.75) is 12.7 Å². The smallest absolute Gasteiger partial charge is 0.416 e. The molecule has 0 spiro atoms. The summed E-state index contributed by atoms with van der Waals surface area (Å²) in [7, 11) is 1.56. The number of H-pyrrole nitrogens is 1. The Morgan fingerprint density at radius 1 is 1.11 bits per heavy atom. The molecule has 0 saturated carbocycles. The van der Waals surface area contributed by atoms with Gasteiger partial charge in [0.2, 0.25) is 5.88 Å². The quantitative estimate of drug-likeness (QED) is 0.736. The Morgan fingerprint density at radius 3 is 2.61 bits per heavy atom. The normalized spacial score (nSPS) is 15.9. The monoisotopic (exact) mass is 392 g/mol. The predicted molar refractivity (Wildman–Crippen MR) is 97.2 cm³/mol. The minimum Gasteiger partial charge on any atom is -0.481 e. The van der Waals surface area contributed by atoms with Crippen LogP contribution < -0.4 is 9.64 Å². The number of alkyl halides is 3. The van der Waals surface area contributed by atoms with Crippen molar-refractivity contribution in [3.05, 3.63) is 41.9 Å². The van der Waals surface area contributed by atoms with Gasteiger partial charge in [-0.05, 0) is 18.2 Å². The van der Waals surface area contributed by atoms with Crippen LogP contribution in [0.1, 0.15) is 11.4 Å². The van der Waals surface area contributed by atoms with Gasteiger partial charge in [0.1, 0.15) is 11.6 Å². The van der Waals surface area contributed by atoms with Crippen LogP contribution in [-0.2, 0) is 12.7 Å². The van der Waals surface area contributed by atoms with Crippen LogP contribution in [0.4, 0.5) is 19.0 Å². The number of halogens is 3. The zero-order chi connectivity index (χ0) is 19.7. The van der Waals surface area contributed by atoms with Gasteiger partial charge in [-0.2, -0.15) is 18.2 Å². The van der Waals surface area contributed by atoms with E-state index in [-0.39, 0.29) is 0 Å². The molecule has 0 amide bonds. The number of nitrogens with one attached hydrogen (secondary N) is 1. The van der Waals surface area contributed by atoms with Gasteiger partial charge >= 0.3 is 6.18 Å². The zero-order valence-electron chi connectivity index (χ0n) is 15.2. The number of rotatable bonds is 4. The van der Waals surface area contributed by atoms with Gasteiger partial charge in [0, 0.05) is 38.4 Å². The van der Waals surface area contributed by atoms with Crippen molar-refractivity contribution in [3.63, 3.8) is 0 Å². The van der Waals surface area contributed by atoms with Gasteiger partial charge in [-0.3, -0.25) is 4.90 Å². The molecular weight excluding hydrogens is 373 g/mol. The predicted octanol–water partition coefficient (Wildman–Crippen LogP) is 2.70. The standard InChI is InChI=1S/C18H19F3N6O/c1-28-16-3-2-13-17(25-16)24-14(23-13)11-26-6-8-27(9-7-26)15-10-12(4-5-22-15)18(19,20)21/h2-5,10H,6-9,11H2,1H3,(H,23,24,25). The van der Waals surface area contributed by atoms with Gasteiger partial charge in [-0.15, -0.1) is 0 Å². The number of aromatic nitrogens is 4. The van der Waals surface area contributed by atoms with E-state index in [4.69, 9.17) is 4.74 Å². The Labute approximate surface area is 159 Å². The minimum atomic E-state index is -4.36. The fourth-order valence-electron chi connectivity index (χ4n) is 3.23. The summed E-state index contributed by atoms with van der Waals surface area (Å²) < 4.78 is 43.8. The maximum atomic E-state index is 12.9. The van der Waals surface area contributed by atoms with Crippen LogP contribution in [0.15, 0.2) is 30.5 Å². The van der Waals surface area contributed by atoms with E-state index in [2.05, 4.69) is 24.8 Å². The van der Waals surface area contributed by atoms with Crippen molar-refractivity contribution in [1.29, 1.82) is 0 Å². The van der Waals surface area contributed by atoms with Crippen LogP contribution in [0.2, 0.25) is 0 Å². The number of hydrogen-bond acceptors (Lipinski definition) is 6. The first-order chi connectivity index (χ1) is 13.4. The summed E-state index contributed by atoms with van der Waals surface area (Å²) in [6, 6.07) is 5.73. The average Bonchev–Trinajstić information content (AvgIpc) is 3.09. The van der Waals surface area contributed by atoms with Crippen LogP contribution in [0.25, 0.3) is 11.2 Å². The van der Waals surface area contributed by atoms with Crippen molar-refractivity contribution >= 4 is 17.0 Å². The van der Waals surface area contributed by atoms with Gasteiger partial charge in [-0.1, -0.05) is 0 Å². The van der Waals surface area contributed by atoms with Crippen LogP contribution in [0.3, 0.4) is 0 Å². The molecule has 0 bridgehead atoms. The third kappa shape index (κ3) is 3.86. The lowest BCUT2D eigenvalue weighted by Crippen LogP contribution is -2.46. The number of piperazine rings is 1. The van der Waals surface area contributed by atoms with Gasteiger partial charge < -0.3 is 14.6 Å². The number of imidazole rings is 1. The van der Waals surface area contributed by atoms with E-state index < -0.39 is 11.7 Å². The fourth-order valence-corrected chi connectivity index (χ4v) is 3.23. The van der Waals surface area contributed by atoms with Crippen molar-refractivity contribution in [3.8, 4) is 5.88 Å². The first-order valence-electron chi connectivity index (χ1n) is 8.82. The molecule has 7 nitrogen and oxygen atoms in total. The number of ether oxygens (including phenoxy) is 1. The number of fused-ring (bicyclic) bond motifs is 1. The van der Waals surface area contributed by atoms with E-state index in [9.17, 15) is 13.2 Å². The largest absolute Gasteiger partial charge is 0.481 e. The van der Waals surface area contributed by atoms with Crippen molar-refractivity contribution in [2.75, 3.05) is 38.2 Å². The number of pyridine rings is 2. The molecule has 4 rings (SSSR count). The van der Waals surface area contributed by atoms with Crippen LogP contribution in [-0.4, -0.2) is 58.1 Å². The van der Waals surface area contributed by atoms with Crippen LogP contribution in [0.5, 0.6) is 5.88 Å². The van der Waals surface area contributed by atoms with Crippen molar-refractivity contribution in [2.24, 2.45) is 0 Å². The second kappa shape index (κ2) is 7.27. The number of hydrogen-bond donors (Lipinski definition) is 1. The fraction of sp³-hybridized carbons (Fsp3) is 0.389. The number of aromatic amines is 1. The summed E-state index contributed by atoms with van der Waals surface area (Å²) in [5.41, 5.74) is 0.758. The molecule has 1 aliphatic rings. The van der Waals surface area contributed by atoms with Crippen molar-refractivity contribution in [1.82, 2.24) is 24.8 Å². The highest BCUT2D eigenvalue weighted by Crippen LogP contribution is 2.31. The molecule has 3 aromatic rings. The van der Waals surface area contributed by atoms with E-state index in [1.54, 1.807) is 13.2 Å². The van der Waals surface area contributed by atoms with Gasteiger partial charge in [0.15, 0.2) is 5.65 Å². The first kappa shape index (κ1) is 18.5. The second-order valence-electron chi connectivity index (χ2n) is 6.57. The van der Waals surface area contributed by atoms with E-state index in [0.29, 0.717) is 50.1 Å². The summed E-state index contributed by atoms with van der Waals surface area (Å²) >= 11 is 0. The molecule has 1 N–H and O–H groups in total. The SMILES string of the molecule is COc1ccc2[nH]c(CN3CCN(c4cc(C(F)(F)F)ccn4)CC3)nc2n1. The number of anilines is 1. The molecule has 10 heteroatoms. The molecule has 1 fully saturated rings. The lowest BCUT2D eigenvalue weighted by atomic mass is 10.2. The van der Waals surface area contributed by atoms with Crippen LogP contribution >= 0.6 is 0 Å². The maximum Gasteiger partial charge on any atom is 0.416 e. The Bertz CT molecular complexity index is 965. The first-order valence-corrected chi connectivity index (χ1v) is 8.82. The van der Waals surface area contributed by atoms with Crippen molar-refractivity contribution < 1.29 is 17.9 Å². The number of nitrogens with zero attached hydrogens (tertiary/aromatic N) is 5.